The van der Waals surface area contributed by atoms with Gasteiger partial charge < -0.3 is 19.5 Å². The number of amides is 1. The fraction of sp³-hybridized carbons (Fsp3) is 0.519. The van der Waals surface area contributed by atoms with Crippen molar-refractivity contribution in [3.63, 3.8) is 0 Å². The number of likely N-dealkylation sites (N-methyl/N-ethyl adjacent to an activating group) is 1. The Balaban J connectivity index is 1.65. The van der Waals surface area contributed by atoms with Crippen molar-refractivity contribution in [1.29, 1.82) is 0 Å². The highest BCUT2D eigenvalue weighted by atomic mass is 32.1. The van der Waals surface area contributed by atoms with Crippen molar-refractivity contribution in [1.82, 2.24) is 9.80 Å². The molecule has 2 heterocycles. The molecule has 186 valence electrons. The molecule has 0 saturated heterocycles. The molecule has 7 heteroatoms. The smallest absolute Gasteiger partial charge is 0.237 e. The molecule has 1 aromatic heterocycles. The second kappa shape index (κ2) is 13.0. The minimum Gasteiger partial charge on any atom is -0.491 e. The number of rotatable bonds is 13. The number of fused-ring (bicyclic) bond motifs is 1. The van der Waals surface area contributed by atoms with Gasteiger partial charge in [0.25, 0.3) is 0 Å². The summed E-state index contributed by atoms with van der Waals surface area (Å²) >= 11 is 1.75. The van der Waals surface area contributed by atoms with E-state index >= 15 is 0 Å². The van der Waals surface area contributed by atoms with Crippen molar-refractivity contribution >= 4 is 17.2 Å². The molecule has 0 bridgehead atoms. The van der Waals surface area contributed by atoms with Gasteiger partial charge in [0, 0.05) is 18.0 Å². The molecule has 6 nitrogen and oxygen atoms in total. The summed E-state index contributed by atoms with van der Waals surface area (Å²) in [5.74, 6) is 1.35. The van der Waals surface area contributed by atoms with Gasteiger partial charge in [-0.25, -0.2) is 0 Å². The lowest BCUT2D eigenvalue weighted by Gasteiger charge is -2.37. The Hall–Kier alpha value is -2.19. The third-order valence-corrected chi connectivity index (χ3v) is 7.19. The molecule has 0 spiro atoms. The first kappa shape index (κ1) is 26.4. The van der Waals surface area contributed by atoms with Gasteiger partial charge in [0.15, 0.2) is 0 Å². The lowest BCUT2D eigenvalue weighted by Crippen LogP contribution is -2.48. The zero-order chi connectivity index (χ0) is 24.5. The first-order valence-electron chi connectivity index (χ1n) is 12.1. The van der Waals surface area contributed by atoms with Gasteiger partial charge in [-0.1, -0.05) is 39.0 Å². The van der Waals surface area contributed by atoms with Crippen LogP contribution < -0.4 is 4.74 Å². The molecule has 34 heavy (non-hydrogen) atoms. The molecule has 0 fully saturated rings. The average molecular weight is 487 g/mol. The molecule has 2 aromatic rings. The van der Waals surface area contributed by atoms with Crippen LogP contribution in [0, 0.1) is 0 Å². The van der Waals surface area contributed by atoms with Crippen molar-refractivity contribution in [2.24, 2.45) is 0 Å². The van der Waals surface area contributed by atoms with Crippen LogP contribution in [0.5, 0.6) is 5.75 Å². The number of carbonyl (C=O) groups is 1. The van der Waals surface area contributed by atoms with Gasteiger partial charge in [-0.3, -0.25) is 9.69 Å². The van der Waals surface area contributed by atoms with Crippen LogP contribution in [0.3, 0.4) is 0 Å². The lowest BCUT2D eigenvalue weighted by atomic mass is 10.00. The fourth-order valence-electron chi connectivity index (χ4n) is 4.22. The Morgan fingerprint density at radius 3 is 2.76 bits per heavy atom. The highest BCUT2D eigenvalue weighted by Crippen LogP contribution is 2.34. The molecular weight excluding hydrogens is 448 g/mol. The number of aliphatic hydroxyl groups is 1. The van der Waals surface area contributed by atoms with Crippen LogP contribution in [0.2, 0.25) is 0 Å². The van der Waals surface area contributed by atoms with E-state index in [0.29, 0.717) is 38.8 Å². The molecule has 0 aliphatic carbocycles. The largest absolute Gasteiger partial charge is 0.491 e. The van der Waals surface area contributed by atoms with Gasteiger partial charge in [-0.2, -0.15) is 0 Å². The molecule has 3 rings (SSSR count). The molecule has 1 aliphatic rings. The summed E-state index contributed by atoms with van der Waals surface area (Å²) < 4.78 is 11.5. The van der Waals surface area contributed by atoms with E-state index < -0.39 is 6.10 Å². The van der Waals surface area contributed by atoms with Crippen LogP contribution in [-0.2, 0) is 16.0 Å². The van der Waals surface area contributed by atoms with Gasteiger partial charge >= 0.3 is 0 Å². The quantitative estimate of drug-likeness (QED) is 0.339. The Morgan fingerprint density at radius 2 is 2.09 bits per heavy atom. The number of nitrogens with zero attached hydrogens (tertiary/aromatic N) is 2. The standard InChI is InChI=1S/C27H38N2O4S/c1-5-14-32-18-22(30)16-28(6-2)17-27(31)29-13-11-26-24(12-15-34-26)25(29)19-33-23-9-7-21(8-10-23)20(3)4/h5,7-10,12,15,20,22,25,30H,1,6,11,13-14,16-19H2,2-4H3. The minimum atomic E-state index is -0.648. The molecule has 1 aliphatic heterocycles. The Labute approximate surface area is 207 Å². The molecule has 2 unspecified atom stereocenters. The SMILES string of the molecule is C=CCOCC(O)CN(CC)CC(=O)N1CCc2sccc2C1COc1ccc(C(C)C)cc1. The third kappa shape index (κ3) is 7.15. The summed E-state index contributed by atoms with van der Waals surface area (Å²) in [4.78, 5) is 18.6. The summed E-state index contributed by atoms with van der Waals surface area (Å²) in [5.41, 5.74) is 2.46. The second-order valence-electron chi connectivity index (χ2n) is 8.99. The summed E-state index contributed by atoms with van der Waals surface area (Å²) in [6.07, 6.45) is 1.87. The van der Waals surface area contributed by atoms with Gasteiger partial charge in [-0.15, -0.1) is 17.9 Å². The van der Waals surface area contributed by atoms with E-state index in [4.69, 9.17) is 9.47 Å². The monoisotopic (exact) mass is 486 g/mol. The van der Waals surface area contributed by atoms with Crippen LogP contribution in [0.25, 0.3) is 0 Å². The second-order valence-corrected chi connectivity index (χ2v) is 10.00. The first-order chi connectivity index (χ1) is 16.4. The Morgan fingerprint density at radius 1 is 1.32 bits per heavy atom. The summed E-state index contributed by atoms with van der Waals surface area (Å²) in [6, 6.07) is 10.2. The Bertz CT molecular complexity index is 912. The molecule has 1 aromatic carbocycles. The first-order valence-corrected chi connectivity index (χ1v) is 13.0. The fourth-order valence-corrected chi connectivity index (χ4v) is 5.15. The highest BCUT2D eigenvalue weighted by Gasteiger charge is 2.33. The number of hydrogen-bond donors (Lipinski definition) is 1. The van der Waals surface area contributed by atoms with Crippen LogP contribution in [-0.4, -0.2) is 72.9 Å². The Kier molecular flexibility index (Phi) is 10.1. The summed E-state index contributed by atoms with van der Waals surface area (Å²) in [5, 5.41) is 12.4. The maximum atomic E-state index is 13.4. The van der Waals surface area contributed by atoms with E-state index in [2.05, 4.69) is 44.0 Å². The van der Waals surface area contributed by atoms with Gasteiger partial charge in [0.2, 0.25) is 5.91 Å². The number of thiophene rings is 1. The number of aliphatic hydroxyl groups excluding tert-OH is 1. The van der Waals surface area contributed by atoms with Crippen molar-refractivity contribution in [2.45, 2.75) is 45.3 Å². The number of carbonyl (C=O) groups excluding carboxylic acids is 1. The molecule has 0 radical (unpaired) electrons. The number of hydrogen-bond acceptors (Lipinski definition) is 6. The number of benzene rings is 1. The van der Waals surface area contributed by atoms with Crippen molar-refractivity contribution in [2.75, 3.05) is 46.0 Å². The van der Waals surface area contributed by atoms with Gasteiger partial charge in [0.1, 0.15) is 12.4 Å². The predicted molar refractivity (Wildman–Crippen MR) is 138 cm³/mol. The van der Waals surface area contributed by atoms with Crippen molar-refractivity contribution in [3.8, 4) is 5.75 Å². The van der Waals surface area contributed by atoms with E-state index in [-0.39, 0.29) is 25.1 Å². The lowest BCUT2D eigenvalue weighted by molar-refractivity contribution is -0.136. The topological polar surface area (TPSA) is 62.2 Å². The maximum Gasteiger partial charge on any atom is 0.237 e. The van der Waals surface area contributed by atoms with Crippen molar-refractivity contribution in [3.05, 3.63) is 64.4 Å². The zero-order valence-electron chi connectivity index (χ0n) is 20.6. The van der Waals surface area contributed by atoms with E-state index in [9.17, 15) is 9.90 Å². The maximum absolute atomic E-state index is 13.4. The predicted octanol–water partition coefficient (Wildman–Crippen LogP) is 4.26. The van der Waals surface area contributed by atoms with E-state index in [1.165, 1.54) is 16.0 Å². The van der Waals surface area contributed by atoms with E-state index in [1.54, 1.807) is 17.4 Å². The third-order valence-electron chi connectivity index (χ3n) is 6.19. The van der Waals surface area contributed by atoms with Gasteiger partial charge in [-0.05, 0) is 53.6 Å². The van der Waals surface area contributed by atoms with E-state index in [1.807, 2.05) is 28.9 Å². The normalized spacial score (nSPS) is 16.5. The van der Waals surface area contributed by atoms with Crippen LogP contribution in [0.15, 0.2) is 48.4 Å². The molecule has 0 saturated carbocycles. The minimum absolute atomic E-state index is 0.0571. The summed E-state index contributed by atoms with van der Waals surface area (Å²) in [7, 11) is 0. The van der Waals surface area contributed by atoms with Crippen LogP contribution in [0.4, 0.5) is 0 Å². The van der Waals surface area contributed by atoms with E-state index in [0.717, 1.165) is 12.2 Å². The highest BCUT2D eigenvalue weighted by molar-refractivity contribution is 7.10. The number of ether oxygens (including phenoxy) is 2. The van der Waals surface area contributed by atoms with Crippen LogP contribution in [0.1, 0.15) is 48.7 Å². The molecular formula is C27H38N2O4S. The van der Waals surface area contributed by atoms with Crippen LogP contribution >= 0.6 is 11.3 Å². The summed E-state index contributed by atoms with van der Waals surface area (Å²) in [6.45, 7) is 13.0. The molecule has 1 amide bonds. The average Bonchev–Trinajstić information content (AvgIpc) is 3.31. The van der Waals surface area contributed by atoms with Crippen molar-refractivity contribution < 1.29 is 19.4 Å². The molecule has 2 atom stereocenters. The zero-order valence-corrected chi connectivity index (χ0v) is 21.4. The van der Waals surface area contributed by atoms with Gasteiger partial charge in [0.05, 0.1) is 31.9 Å². The molecule has 1 N–H and O–H groups in total.